The predicted octanol–water partition coefficient (Wildman–Crippen LogP) is 2.65. The fourth-order valence-electron chi connectivity index (χ4n) is 1.47. The molecule has 1 N–H and O–H groups in total. The molecular weight excluding hydrogens is 176 g/mol. The van der Waals surface area contributed by atoms with Gasteiger partial charge in [0.15, 0.2) is 0 Å². The van der Waals surface area contributed by atoms with Crippen molar-refractivity contribution in [1.29, 1.82) is 0 Å². The third kappa shape index (κ3) is 2.59. The second-order valence-electron chi connectivity index (χ2n) is 3.59. The van der Waals surface area contributed by atoms with E-state index in [4.69, 9.17) is 0 Å². The first-order valence-corrected chi connectivity index (χ1v) is 4.93. The molecular formula is C12H16O2. The number of carbonyl (C=O) groups is 1. The lowest BCUT2D eigenvalue weighted by molar-refractivity contribution is -0.108. The number of rotatable bonds is 4. The van der Waals surface area contributed by atoms with Crippen LogP contribution in [0.3, 0.4) is 0 Å². The van der Waals surface area contributed by atoms with Gasteiger partial charge in [0.05, 0.1) is 0 Å². The maximum atomic E-state index is 10.4. The summed E-state index contributed by atoms with van der Waals surface area (Å²) >= 11 is 0. The molecule has 0 aromatic heterocycles. The van der Waals surface area contributed by atoms with Crippen LogP contribution >= 0.6 is 0 Å². The zero-order valence-electron chi connectivity index (χ0n) is 8.66. The molecule has 0 aliphatic rings. The molecule has 0 aliphatic carbocycles. The van der Waals surface area contributed by atoms with Crippen molar-refractivity contribution in [2.75, 3.05) is 0 Å². The first kappa shape index (κ1) is 10.8. The summed E-state index contributed by atoms with van der Waals surface area (Å²) in [5.41, 5.74) is 2.15. The Bertz CT molecular complexity index is 318. The molecule has 1 aromatic rings. The molecule has 0 fully saturated rings. The number of benzene rings is 1. The normalized spacial score (nSPS) is 12.4. The summed E-state index contributed by atoms with van der Waals surface area (Å²) in [4.78, 5) is 10.4. The number of aldehydes is 1. The van der Waals surface area contributed by atoms with Crippen LogP contribution < -0.4 is 0 Å². The van der Waals surface area contributed by atoms with Crippen LogP contribution in [0.2, 0.25) is 0 Å². The van der Waals surface area contributed by atoms with E-state index in [1.807, 2.05) is 19.9 Å². The quantitative estimate of drug-likeness (QED) is 0.744. The second-order valence-corrected chi connectivity index (χ2v) is 3.59. The van der Waals surface area contributed by atoms with Gasteiger partial charge in [0.25, 0.3) is 0 Å². The Morgan fingerprint density at radius 2 is 2.14 bits per heavy atom. The highest BCUT2D eigenvalue weighted by molar-refractivity contribution is 5.52. The Balaban J connectivity index is 2.96. The van der Waals surface area contributed by atoms with E-state index in [1.165, 1.54) is 0 Å². The van der Waals surface area contributed by atoms with Crippen LogP contribution in [0.15, 0.2) is 18.2 Å². The molecule has 76 valence electrons. The third-order valence-electron chi connectivity index (χ3n) is 2.43. The van der Waals surface area contributed by atoms with E-state index >= 15 is 0 Å². The number of hydrogen-bond donors (Lipinski definition) is 1. The Kier molecular flexibility index (Phi) is 3.69. The monoisotopic (exact) mass is 192 g/mol. The fourth-order valence-corrected chi connectivity index (χ4v) is 1.47. The second kappa shape index (κ2) is 4.80. The van der Waals surface area contributed by atoms with E-state index in [0.29, 0.717) is 6.42 Å². The van der Waals surface area contributed by atoms with Gasteiger partial charge in [0, 0.05) is 6.42 Å². The summed E-state index contributed by atoms with van der Waals surface area (Å²) in [6.07, 6.45) is 2.32. The SMILES string of the molecule is CCc1cc(O)cc(C(C)CC=O)c1. The van der Waals surface area contributed by atoms with Gasteiger partial charge >= 0.3 is 0 Å². The first-order valence-electron chi connectivity index (χ1n) is 4.93. The van der Waals surface area contributed by atoms with E-state index < -0.39 is 0 Å². The minimum atomic E-state index is 0.185. The van der Waals surface area contributed by atoms with E-state index in [0.717, 1.165) is 23.8 Å². The van der Waals surface area contributed by atoms with Gasteiger partial charge in [-0.05, 0) is 35.6 Å². The summed E-state index contributed by atoms with van der Waals surface area (Å²) in [7, 11) is 0. The fraction of sp³-hybridized carbons (Fsp3) is 0.417. The minimum Gasteiger partial charge on any atom is -0.508 e. The van der Waals surface area contributed by atoms with Gasteiger partial charge in [-0.15, -0.1) is 0 Å². The molecule has 0 bridgehead atoms. The van der Waals surface area contributed by atoms with Crippen LogP contribution in [-0.4, -0.2) is 11.4 Å². The summed E-state index contributed by atoms with van der Waals surface area (Å²) in [5, 5.41) is 9.45. The number of phenols is 1. The van der Waals surface area contributed by atoms with Crippen LogP contribution in [0.4, 0.5) is 0 Å². The number of hydrogen-bond acceptors (Lipinski definition) is 2. The average molecular weight is 192 g/mol. The molecule has 1 rings (SSSR count). The third-order valence-corrected chi connectivity index (χ3v) is 2.43. The Hall–Kier alpha value is -1.31. The topological polar surface area (TPSA) is 37.3 Å². The van der Waals surface area contributed by atoms with Crippen molar-refractivity contribution in [3.8, 4) is 5.75 Å². The molecule has 0 spiro atoms. The lowest BCUT2D eigenvalue weighted by Crippen LogP contribution is -1.95. The van der Waals surface area contributed by atoms with Gasteiger partial charge in [0.2, 0.25) is 0 Å². The molecule has 14 heavy (non-hydrogen) atoms. The standard InChI is InChI=1S/C12H16O2/c1-3-10-6-11(8-12(14)7-10)9(2)4-5-13/h5-9,14H,3-4H2,1-2H3. The first-order chi connectivity index (χ1) is 6.67. The van der Waals surface area contributed by atoms with Crippen LogP contribution in [0.5, 0.6) is 5.75 Å². The summed E-state index contributed by atoms with van der Waals surface area (Å²) in [5.74, 6) is 0.474. The van der Waals surface area contributed by atoms with Crippen molar-refractivity contribution in [1.82, 2.24) is 0 Å². The average Bonchev–Trinajstić information content (AvgIpc) is 2.17. The zero-order valence-corrected chi connectivity index (χ0v) is 8.66. The van der Waals surface area contributed by atoms with Gasteiger partial charge in [0.1, 0.15) is 12.0 Å². The molecule has 1 unspecified atom stereocenters. The van der Waals surface area contributed by atoms with E-state index in [2.05, 4.69) is 0 Å². The van der Waals surface area contributed by atoms with Gasteiger partial charge in [-0.2, -0.15) is 0 Å². The summed E-state index contributed by atoms with van der Waals surface area (Å²) in [6.45, 7) is 4.03. The molecule has 0 aliphatic heterocycles. The van der Waals surface area contributed by atoms with Crippen LogP contribution in [-0.2, 0) is 11.2 Å². The molecule has 0 saturated carbocycles. The van der Waals surface area contributed by atoms with Crippen molar-refractivity contribution < 1.29 is 9.90 Å². The summed E-state index contributed by atoms with van der Waals surface area (Å²) < 4.78 is 0. The lowest BCUT2D eigenvalue weighted by atomic mass is 9.96. The largest absolute Gasteiger partial charge is 0.508 e. The van der Waals surface area contributed by atoms with Crippen molar-refractivity contribution in [3.63, 3.8) is 0 Å². The maximum absolute atomic E-state index is 10.4. The molecule has 0 heterocycles. The maximum Gasteiger partial charge on any atom is 0.120 e. The molecule has 0 amide bonds. The zero-order chi connectivity index (χ0) is 10.6. The van der Waals surface area contributed by atoms with Gasteiger partial charge in [-0.25, -0.2) is 0 Å². The summed E-state index contributed by atoms with van der Waals surface area (Å²) in [6, 6.07) is 5.54. The van der Waals surface area contributed by atoms with Gasteiger partial charge in [-0.1, -0.05) is 19.9 Å². The van der Waals surface area contributed by atoms with Gasteiger partial charge < -0.3 is 9.90 Å². The van der Waals surface area contributed by atoms with Crippen LogP contribution in [0.25, 0.3) is 0 Å². The molecule has 1 aromatic carbocycles. The van der Waals surface area contributed by atoms with E-state index in [1.54, 1.807) is 12.1 Å². The van der Waals surface area contributed by atoms with Crippen LogP contribution in [0.1, 0.15) is 37.3 Å². The minimum absolute atomic E-state index is 0.185. The molecule has 0 radical (unpaired) electrons. The Labute approximate surface area is 84.6 Å². The number of phenolic OH excluding ortho intramolecular Hbond substituents is 1. The highest BCUT2D eigenvalue weighted by atomic mass is 16.3. The van der Waals surface area contributed by atoms with E-state index in [-0.39, 0.29) is 11.7 Å². The van der Waals surface area contributed by atoms with Crippen molar-refractivity contribution >= 4 is 6.29 Å². The predicted molar refractivity (Wildman–Crippen MR) is 56.6 cm³/mol. The molecule has 2 nitrogen and oxygen atoms in total. The number of aromatic hydroxyl groups is 1. The Morgan fingerprint density at radius 1 is 1.43 bits per heavy atom. The molecule has 0 saturated heterocycles. The lowest BCUT2D eigenvalue weighted by Gasteiger charge is -2.10. The molecule has 1 atom stereocenters. The molecule has 2 heteroatoms. The van der Waals surface area contributed by atoms with Crippen molar-refractivity contribution in [2.45, 2.75) is 32.6 Å². The Morgan fingerprint density at radius 3 is 2.71 bits per heavy atom. The van der Waals surface area contributed by atoms with Crippen molar-refractivity contribution in [2.24, 2.45) is 0 Å². The number of carbonyl (C=O) groups excluding carboxylic acids is 1. The highest BCUT2D eigenvalue weighted by Crippen LogP contribution is 2.24. The smallest absolute Gasteiger partial charge is 0.120 e. The van der Waals surface area contributed by atoms with E-state index in [9.17, 15) is 9.90 Å². The van der Waals surface area contributed by atoms with Crippen molar-refractivity contribution in [3.05, 3.63) is 29.3 Å². The van der Waals surface area contributed by atoms with Gasteiger partial charge in [-0.3, -0.25) is 0 Å². The number of aryl methyl sites for hydroxylation is 1. The van der Waals surface area contributed by atoms with Crippen LogP contribution in [0, 0.1) is 0 Å². The highest BCUT2D eigenvalue weighted by Gasteiger charge is 2.06.